The van der Waals surface area contributed by atoms with Crippen LogP contribution in [0.25, 0.3) is 32.2 Å². The Morgan fingerprint density at radius 1 is 1.16 bits per heavy atom. The number of piperazine rings is 1. The summed E-state index contributed by atoms with van der Waals surface area (Å²) in [5.74, 6) is -0.574. The lowest BCUT2D eigenvalue weighted by molar-refractivity contribution is 0.135. The summed E-state index contributed by atoms with van der Waals surface area (Å²) in [6.45, 7) is 3.42. The van der Waals surface area contributed by atoms with E-state index < -0.39 is 11.6 Å². The van der Waals surface area contributed by atoms with Crippen LogP contribution in [0.4, 0.5) is 19.6 Å². The fourth-order valence-electron chi connectivity index (χ4n) is 7.36. The number of halogens is 2. The van der Waals surface area contributed by atoms with Gasteiger partial charge in [0.2, 0.25) is 0 Å². The maximum absolute atomic E-state index is 17.1. The number of nitrogens with one attached hydrogen (secondary N) is 1. The van der Waals surface area contributed by atoms with E-state index >= 15 is 4.39 Å². The summed E-state index contributed by atoms with van der Waals surface area (Å²) in [6, 6.07) is 2.86. The normalized spacial score (nSPS) is 23.4. The van der Waals surface area contributed by atoms with Gasteiger partial charge in [-0.2, -0.15) is 15.2 Å². The lowest BCUT2D eigenvalue weighted by atomic mass is 9.93. The number of benzene rings is 1. The van der Waals surface area contributed by atoms with Crippen molar-refractivity contribution in [2.24, 2.45) is 0 Å². The molecule has 10 nitrogen and oxygen atoms in total. The van der Waals surface area contributed by atoms with Crippen LogP contribution in [0.1, 0.15) is 42.4 Å². The van der Waals surface area contributed by atoms with E-state index in [1.807, 2.05) is 0 Å². The molecule has 0 amide bonds. The van der Waals surface area contributed by atoms with Gasteiger partial charge in [0.1, 0.15) is 29.0 Å². The molecule has 1 aromatic carbocycles. The third-order valence-corrected chi connectivity index (χ3v) is 10.5. The summed E-state index contributed by atoms with van der Waals surface area (Å²) < 4.78 is 44.3. The molecule has 4 aliphatic rings. The van der Waals surface area contributed by atoms with Crippen molar-refractivity contribution < 1.29 is 18.3 Å². The minimum absolute atomic E-state index is 0.0830. The van der Waals surface area contributed by atoms with Crippen molar-refractivity contribution in [3.63, 3.8) is 0 Å². The third kappa shape index (κ3) is 4.07. The van der Waals surface area contributed by atoms with E-state index in [4.69, 9.17) is 20.2 Å². The van der Waals surface area contributed by atoms with Crippen LogP contribution in [-0.2, 0) is 18.0 Å². The quantitative estimate of drug-likeness (QED) is 0.344. The Hall–Kier alpha value is -3.70. The molecule has 8 rings (SSSR count). The van der Waals surface area contributed by atoms with Gasteiger partial charge in [-0.25, -0.2) is 8.78 Å². The molecule has 0 radical (unpaired) electrons. The second-order valence-electron chi connectivity index (χ2n) is 11.8. The Labute approximate surface area is 250 Å². The molecule has 0 spiro atoms. The predicted octanol–water partition coefficient (Wildman–Crippen LogP) is 4.08. The number of nitrogens with two attached hydrogens (primary N) is 1. The lowest BCUT2D eigenvalue weighted by Crippen LogP contribution is -2.52. The smallest absolute Gasteiger partial charge is 0.319 e. The first kappa shape index (κ1) is 26.9. The number of thiophene rings is 1. The fourth-order valence-corrected chi connectivity index (χ4v) is 8.28. The van der Waals surface area contributed by atoms with Crippen molar-refractivity contribution in [2.75, 3.05) is 43.9 Å². The van der Waals surface area contributed by atoms with E-state index in [0.717, 1.165) is 68.4 Å². The Morgan fingerprint density at radius 2 is 1.95 bits per heavy atom. The summed E-state index contributed by atoms with van der Waals surface area (Å²) in [7, 11) is 2.07. The van der Waals surface area contributed by atoms with Crippen LogP contribution in [0.15, 0.2) is 6.20 Å². The molecular weight excluding hydrogens is 574 g/mol. The van der Waals surface area contributed by atoms with Gasteiger partial charge in [-0.15, -0.1) is 11.3 Å². The van der Waals surface area contributed by atoms with Crippen LogP contribution in [0.5, 0.6) is 6.01 Å². The predicted molar refractivity (Wildman–Crippen MR) is 159 cm³/mol. The van der Waals surface area contributed by atoms with Crippen LogP contribution in [-0.4, -0.2) is 71.3 Å². The molecule has 2 bridgehead atoms. The molecule has 4 aromatic rings. The van der Waals surface area contributed by atoms with Crippen molar-refractivity contribution in [1.82, 2.24) is 25.2 Å². The number of nitriles is 1. The molecule has 0 saturated carbocycles. The van der Waals surface area contributed by atoms with E-state index in [1.54, 1.807) is 0 Å². The fraction of sp³-hybridized carbons (Fsp3) is 0.467. The average Bonchev–Trinajstić information content (AvgIpc) is 3.78. The highest BCUT2D eigenvalue weighted by molar-refractivity contribution is 7.23. The molecule has 13 heteroatoms. The molecule has 0 aliphatic carbocycles. The lowest BCUT2D eigenvalue weighted by Gasteiger charge is -2.37. The van der Waals surface area contributed by atoms with Gasteiger partial charge < -0.3 is 30.3 Å². The number of hydrogen-bond acceptors (Lipinski definition) is 11. The molecule has 3 N–H and O–H groups in total. The monoisotopic (exact) mass is 604 g/mol. The SMILES string of the molecule is CN1CCCC1COc1nc(N2C3CCC2CNC3)c2c3c(c(-c4ncc(F)c5sc(N)c(C#N)c45)c(F)c2n1)COC3. The van der Waals surface area contributed by atoms with E-state index in [2.05, 4.69) is 38.2 Å². The van der Waals surface area contributed by atoms with Gasteiger partial charge in [0.15, 0.2) is 11.6 Å². The first-order chi connectivity index (χ1) is 20.9. The number of aromatic nitrogens is 3. The summed E-state index contributed by atoms with van der Waals surface area (Å²) >= 11 is 0.956. The molecule has 3 fully saturated rings. The van der Waals surface area contributed by atoms with Gasteiger partial charge >= 0.3 is 6.01 Å². The number of likely N-dealkylation sites (N-methyl/N-ethyl adjacent to an activating group) is 1. The molecule has 7 heterocycles. The zero-order valence-corrected chi connectivity index (χ0v) is 24.4. The number of fused-ring (bicyclic) bond motifs is 6. The number of nitrogens with zero attached hydrogens (tertiary/aromatic N) is 6. The number of hydrogen-bond donors (Lipinski definition) is 2. The molecule has 3 aromatic heterocycles. The van der Waals surface area contributed by atoms with E-state index in [0.29, 0.717) is 23.4 Å². The summed E-state index contributed by atoms with van der Waals surface area (Å²) in [4.78, 5) is 18.6. The van der Waals surface area contributed by atoms with Crippen molar-refractivity contribution in [2.45, 2.75) is 57.0 Å². The van der Waals surface area contributed by atoms with Crippen LogP contribution in [0, 0.1) is 23.0 Å². The maximum atomic E-state index is 17.1. The Balaban J connectivity index is 1.38. The number of ether oxygens (including phenoxy) is 2. The second kappa shape index (κ2) is 10.2. The molecule has 3 atom stereocenters. The molecule has 3 unspecified atom stereocenters. The first-order valence-corrected chi connectivity index (χ1v) is 15.5. The van der Waals surface area contributed by atoms with Gasteiger partial charge in [-0.1, -0.05) is 0 Å². The van der Waals surface area contributed by atoms with Gasteiger partial charge in [-0.3, -0.25) is 4.98 Å². The number of nitrogen functional groups attached to an aromatic ring is 1. The van der Waals surface area contributed by atoms with Crippen LogP contribution in [0.2, 0.25) is 0 Å². The molecule has 3 saturated heterocycles. The van der Waals surface area contributed by atoms with E-state index in [-0.39, 0.29) is 74.8 Å². The van der Waals surface area contributed by atoms with Crippen LogP contribution < -0.4 is 20.7 Å². The van der Waals surface area contributed by atoms with Gasteiger partial charge in [0.25, 0.3) is 0 Å². The van der Waals surface area contributed by atoms with Crippen molar-refractivity contribution in [3.05, 3.63) is 34.5 Å². The molecule has 4 aliphatic heterocycles. The molecular formula is C30H30F2N8O2S. The van der Waals surface area contributed by atoms with Gasteiger partial charge in [0, 0.05) is 42.2 Å². The summed E-state index contributed by atoms with van der Waals surface area (Å²) in [5, 5.41) is 14.4. The standard InChI is InChI=1S/C30H30F2N8O2S/c1-39-6-2-3-16(39)11-42-30-37-26-23(29(38-30)40-14-4-5-15(40)9-35-8-14)19-13-41-12-18(19)21(24(26)32)25-22-17(7-33)28(34)43-27(22)20(31)10-36-25/h10,14-16,35H,2-6,8-9,11-13,34H2,1H3. The van der Waals surface area contributed by atoms with Crippen molar-refractivity contribution in [1.29, 1.82) is 5.26 Å². The highest BCUT2D eigenvalue weighted by Gasteiger charge is 2.40. The second-order valence-corrected chi connectivity index (χ2v) is 12.9. The zero-order valence-electron chi connectivity index (χ0n) is 23.6. The third-order valence-electron chi connectivity index (χ3n) is 9.50. The Morgan fingerprint density at radius 3 is 2.70 bits per heavy atom. The topological polar surface area (TPSA) is 125 Å². The van der Waals surface area contributed by atoms with Crippen LogP contribution in [0.3, 0.4) is 0 Å². The summed E-state index contributed by atoms with van der Waals surface area (Å²) in [5.41, 5.74) is 7.98. The largest absolute Gasteiger partial charge is 0.462 e. The number of rotatable bonds is 5. The van der Waals surface area contributed by atoms with Crippen LogP contribution >= 0.6 is 11.3 Å². The van der Waals surface area contributed by atoms with E-state index in [1.165, 1.54) is 0 Å². The van der Waals surface area contributed by atoms with E-state index in [9.17, 15) is 9.65 Å². The molecule has 222 valence electrons. The zero-order chi connectivity index (χ0) is 29.4. The number of pyridine rings is 1. The highest BCUT2D eigenvalue weighted by atomic mass is 32.1. The Bertz CT molecular complexity index is 1830. The minimum Gasteiger partial charge on any atom is -0.462 e. The van der Waals surface area contributed by atoms with Gasteiger partial charge in [0.05, 0.1) is 40.8 Å². The first-order valence-electron chi connectivity index (χ1n) is 14.7. The molecule has 43 heavy (non-hydrogen) atoms. The summed E-state index contributed by atoms with van der Waals surface area (Å²) in [6.07, 6.45) is 5.19. The van der Waals surface area contributed by atoms with Crippen molar-refractivity contribution >= 4 is 43.1 Å². The number of likely N-dealkylation sites (tertiary alicyclic amines) is 1. The number of anilines is 2. The van der Waals surface area contributed by atoms with Crippen molar-refractivity contribution in [3.8, 4) is 23.3 Å². The van der Waals surface area contributed by atoms with Gasteiger partial charge in [-0.05, 0) is 50.4 Å². The maximum Gasteiger partial charge on any atom is 0.319 e. The Kier molecular flexibility index (Phi) is 6.38. The minimum atomic E-state index is -0.623. The average molecular weight is 605 g/mol. The highest BCUT2D eigenvalue weighted by Crippen LogP contribution is 2.47.